The summed E-state index contributed by atoms with van der Waals surface area (Å²) in [6.45, 7) is 2.60. The van der Waals surface area contributed by atoms with Gasteiger partial charge < -0.3 is 19.7 Å². The van der Waals surface area contributed by atoms with Crippen LogP contribution in [0, 0.1) is 0 Å². The van der Waals surface area contributed by atoms with Crippen molar-refractivity contribution in [3.05, 3.63) is 90.0 Å². The minimum Gasteiger partial charge on any atom is -0.486 e. The Morgan fingerprint density at radius 3 is 1.96 bits per heavy atom. The number of ether oxygens (including phenoxy) is 2. The second kappa shape index (κ2) is 8.76. The Morgan fingerprint density at radius 2 is 1.36 bits per heavy atom. The van der Waals surface area contributed by atoms with E-state index in [1.165, 1.54) is 11.1 Å². The molecule has 3 aromatic rings. The van der Waals surface area contributed by atoms with Gasteiger partial charge in [-0.25, -0.2) is 0 Å². The van der Waals surface area contributed by atoms with Crippen molar-refractivity contribution in [3.8, 4) is 11.5 Å². The molecule has 1 heterocycles. The molecule has 0 saturated carbocycles. The summed E-state index contributed by atoms with van der Waals surface area (Å²) in [7, 11) is 0. The van der Waals surface area contributed by atoms with Crippen molar-refractivity contribution in [2.75, 3.05) is 18.5 Å². The van der Waals surface area contributed by atoms with Crippen molar-refractivity contribution in [1.29, 1.82) is 0 Å². The Labute approximate surface area is 170 Å². The first-order chi connectivity index (χ1) is 13.8. The lowest BCUT2D eigenvalue weighted by molar-refractivity contribution is 0.171. The smallest absolute Gasteiger partial charge is 0.174 e. The van der Waals surface area contributed by atoms with Crippen LogP contribution in [0.4, 0.5) is 5.69 Å². The summed E-state index contributed by atoms with van der Waals surface area (Å²) in [5.41, 5.74) is 3.31. The van der Waals surface area contributed by atoms with Gasteiger partial charge in [-0.3, -0.25) is 0 Å². The average molecular weight is 391 g/mol. The Bertz CT molecular complexity index is 890. The highest BCUT2D eigenvalue weighted by Crippen LogP contribution is 2.32. The van der Waals surface area contributed by atoms with Gasteiger partial charge in [0.1, 0.15) is 13.2 Å². The molecule has 0 amide bonds. The molecule has 4 nitrogen and oxygen atoms in total. The molecule has 28 heavy (non-hydrogen) atoms. The van der Waals surface area contributed by atoms with Crippen LogP contribution < -0.4 is 14.8 Å². The lowest BCUT2D eigenvalue weighted by Crippen LogP contribution is -2.33. The van der Waals surface area contributed by atoms with Crippen LogP contribution in [-0.4, -0.2) is 23.2 Å². The van der Waals surface area contributed by atoms with E-state index in [0.717, 1.165) is 30.3 Å². The summed E-state index contributed by atoms with van der Waals surface area (Å²) in [6, 6.07) is 26.5. The van der Waals surface area contributed by atoms with Crippen molar-refractivity contribution < 1.29 is 9.47 Å². The number of fused-ring (bicyclic) bond motifs is 1. The first-order valence-corrected chi connectivity index (χ1v) is 9.72. The fourth-order valence-corrected chi connectivity index (χ4v) is 3.38. The van der Waals surface area contributed by atoms with Gasteiger partial charge in [-0.1, -0.05) is 60.7 Å². The zero-order valence-electron chi connectivity index (χ0n) is 15.5. The molecule has 1 N–H and O–H groups in total. The van der Waals surface area contributed by atoms with E-state index in [2.05, 4.69) is 34.5 Å². The largest absolute Gasteiger partial charge is 0.486 e. The van der Waals surface area contributed by atoms with Gasteiger partial charge in [-0.2, -0.15) is 0 Å². The van der Waals surface area contributed by atoms with Crippen molar-refractivity contribution in [2.24, 2.45) is 0 Å². The Balaban J connectivity index is 1.52. The highest BCUT2D eigenvalue weighted by atomic mass is 32.1. The van der Waals surface area contributed by atoms with E-state index in [1.807, 2.05) is 54.6 Å². The lowest BCUT2D eigenvalue weighted by Gasteiger charge is -2.27. The van der Waals surface area contributed by atoms with E-state index in [9.17, 15) is 0 Å². The maximum Gasteiger partial charge on any atom is 0.174 e. The van der Waals surface area contributed by atoms with Gasteiger partial charge in [0.2, 0.25) is 0 Å². The van der Waals surface area contributed by atoms with Gasteiger partial charge in [0.05, 0.1) is 0 Å². The van der Waals surface area contributed by atoms with E-state index in [0.29, 0.717) is 18.3 Å². The zero-order chi connectivity index (χ0) is 19.2. The van der Waals surface area contributed by atoms with Crippen LogP contribution in [0.3, 0.4) is 0 Å². The number of nitrogens with zero attached hydrogens (tertiary/aromatic N) is 1. The standard InChI is InChI=1S/C23H22N2O2S/c28-23(24-20-11-12-21-22(15-20)27-14-13-26-21)25(16-18-7-3-1-4-8-18)17-19-9-5-2-6-10-19/h1-12,15H,13-14,16-17H2,(H,24,28). The monoisotopic (exact) mass is 390 g/mol. The van der Waals surface area contributed by atoms with Crippen molar-refractivity contribution in [3.63, 3.8) is 0 Å². The molecule has 142 valence electrons. The van der Waals surface area contributed by atoms with Crippen LogP contribution in [0.5, 0.6) is 11.5 Å². The van der Waals surface area contributed by atoms with Crippen LogP contribution in [0.15, 0.2) is 78.9 Å². The van der Waals surface area contributed by atoms with Crippen molar-refractivity contribution in [1.82, 2.24) is 4.90 Å². The molecule has 3 aromatic carbocycles. The molecule has 0 atom stereocenters. The van der Waals surface area contributed by atoms with Crippen LogP contribution in [-0.2, 0) is 13.1 Å². The third kappa shape index (κ3) is 4.61. The highest BCUT2D eigenvalue weighted by molar-refractivity contribution is 7.80. The SMILES string of the molecule is S=C(Nc1ccc2c(c1)OCCO2)N(Cc1ccccc1)Cc1ccccc1. The topological polar surface area (TPSA) is 33.7 Å². The molecular weight excluding hydrogens is 368 g/mol. The van der Waals surface area contributed by atoms with E-state index < -0.39 is 0 Å². The zero-order valence-corrected chi connectivity index (χ0v) is 16.3. The second-order valence-electron chi connectivity index (χ2n) is 6.62. The average Bonchev–Trinajstić information content (AvgIpc) is 2.75. The van der Waals surface area contributed by atoms with E-state index in [-0.39, 0.29) is 0 Å². The molecular formula is C23H22N2O2S. The fourth-order valence-electron chi connectivity index (χ4n) is 3.13. The van der Waals surface area contributed by atoms with Gasteiger partial charge in [0.15, 0.2) is 16.6 Å². The number of anilines is 1. The van der Waals surface area contributed by atoms with Gasteiger partial charge in [0, 0.05) is 24.8 Å². The number of benzene rings is 3. The molecule has 0 aliphatic carbocycles. The van der Waals surface area contributed by atoms with Crippen LogP contribution in [0.1, 0.15) is 11.1 Å². The molecule has 0 radical (unpaired) electrons. The Hall–Kier alpha value is -3.05. The third-order valence-corrected chi connectivity index (χ3v) is 4.87. The molecule has 0 bridgehead atoms. The fraction of sp³-hybridized carbons (Fsp3) is 0.174. The van der Waals surface area contributed by atoms with Crippen LogP contribution >= 0.6 is 12.2 Å². The van der Waals surface area contributed by atoms with E-state index >= 15 is 0 Å². The summed E-state index contributed by atoms with van der Waals surface area (Å²) in [4.78, 5) is 2.16. The van der Waals surface area contributed by atoms with Crippen LogP contribution in [0.2, 0.25) is 0 Å². The number of thiocarbonyl (C=S) groups is 1. The predicted octanol–water partition coefficient (Wildman–Crippen LogP) is 4.86. The van der Waals surface area contributed by atoms with Gasteiger partial charge in [0.25, 0.3) is 0 Å². The number of hydrogen-bond donors (Lipinski definition) is 1. The molecule has 0 fully saturated rings. The van der Waals surface area contributed by atoms with E-state index in [1.54, 1.807) is 0 Å². The third-order valence-electron chi connectivity index (χ3n) is 4.51. The minimum atomic E-state index is 0.565. The van der Waals surface area contributed by atoms with Gasteiger partial charge in [-0.05, 0) is 35.5 Å². The van der Waals surface area contributed by atoms with Crippen molar-refractivity contribution in [2.45, 2.75) is 13.1 Å². The van der Waals surface area contributed by atoms with Crippen LogP contribution in [0.25, 0.3) is 0 Å². The normalized spacial score (nSPS) is 12.3. The molecule has 0 saturated heterocycles. The molecule has 5 heteroatoms. The summed E-state index contributed by atoms with van der Waals surface area (Å²) >= 11 is 5.75. The first-order valence-electron chi connectivity index (χ1n) is 9.31. The second-order valence-corrected chi connectivity index (χ2v) is 7.00. The van der Waals surface area contributed by atoms with Crippen molar-refractivity contribution >= 4 is 23.0 Å². The maximum absolute atomic E-state index is 5.75. The summed E-state index contributed by atoms with van der Waals surface area (Å²) in [5, 5.41) is 4.03. The minimum absolute atomic E-state index is 0.565. The number of rotatable bonds is 5. The highest BCUT2D eigenvalue weighted by Gasteiger charge is 2.15. The molecule has 0 aromatic heterocycles. The summed E-state index contributed by atoms with van der Waals surface area (Å²) in [6.07, 6.45) is 0. The first kappa shape index (κ1) is 18.3. The van der Waals surface area contributed by atoms with Gasteiger partial charge in [-0.15, -0.1) is 0 Å². The number of hydrogen-bond acceptors (Lipinski definition) is 3. The predicted molar refractivity (Wildman–Crippen MR) is 116 cm³/mol. The van der Waals surface area contributed by atoms with E-state index in [4.69, 9.17) is 21.7 Å². The van der Waals surface area contributed by atoms with Gasteiger partial charge >= 0.3 is 0 Å². The molecule has 1 aliphatic heterocycles. The quantitative estimate of drug-likeness (QED) is 0.630. The lowest BCUT2D eigenvalue weighted by atomic mass is 10.2. The maximum atomic E-state index is 5.75. The molecule has 0 unspecified atom stereocenters. The molecule has 4 rings (SSSR count). The number of nitrogens with one attached hydrogen (secondary N) is 1. The molecule has 1 aliphatic rings. The Kier molecular flexibility index (Phi) is 5.73. The summed E-state index contributed by atoms with van der Waals surface area (Å²) in [5.74, 6) is 1.52. The summed E-state index contributed by atoms with van der Waals surface area (Å²) < 4.78 is 11.3. The molecule has 0 spiro atoms. The Morgan fingerprint density at radius 1 is 0.786 bits per heavy atom.